The average molecular weight is 261 g/mol. The minimum absolute atomic E-state index is 0.296. The Hall–Kier alpha value is -2.01. The fourth-order valence-corrected chi connectivity index (χ4v) is 1.50. The van der Waals surface area contributed by atoms with Gasteiger partial charge in [-0.15, -0.1) is 0 Å². The molecule has 0 unspecified atom stereocenters. The third-order valence-corrected chi connectivity index (χ3v) is 2.45. The Bertz CT molecular complexity index is 499. The van der Waals surface area contributed by atoms with E-state index in [1.807, 2.05) is 0 Å². The van der Waals surface area contributed by atoms with Crippen LogP contribution in [0, 0.1) is 5.82 Å². The van der Waals surface area contributed by atoms with E-state index in [4.69, 9.17) is 4.74 Å². The maximum Gasteiger partial charge on any atom is 0.237 e. The summed E-state index contributed by atoms with van der Waals surface area (Å²) in [5.74, 6) is 0.634. The van der Waals surface area contributed by atoms with Gasteiger partial charge in [-0.3, -0.25) is 4.98 Å². The number of hydrogen-bond donors (Lipinski definition) is 1. The number of nitrogens with zero attached hydrogens (tertiary/aromatic N) is 2. The lowest BCUT2D eigenvalue weighted by Gasteiger charge is -2.05. The van der Waals surface area contributed by atoms with Gasteiger partial charge in [-0.25, -0.2) is 9.37 Å². The molecule has 0 spiro atoms. The van der Waals surface area contributed by atoms with Gasteiger partial charge in [-0.2, -0.15) is 0 Å². The molecule has 0 fully saturated rings. The summed E-state index contributed by atoms with van der Waals surface area (Å²) in [7, 11) is 0. The molecule has 2 aromatic rings. The maximum atomic E-state index is 12.7. The Morgan fingerprint density at radius 1 is 1.16 bits per heavy atom. The molecule has 1 aromatic carbocycles. The number of nitrogens with one attached hydrogen (secondary N) is 1. The standard InChI is InChI=1S/C14H16FN3O/c1-2-7-16-8-12-9-18-14(10-17-12)19-13-5-3-11(15)4-6-13/h3-6,9-10,16H,2,7-8H2,1H3. The smallest absolute Gasteiger partial charge is 0.237 e. The van der Waals surface area contributed by atoms with Crippen molar-refractivity contribution in [3.05, 3.63) is 48.2 Å². The van der Waals surface area contributed by atoms with Crippen molar-refractivity contribution in [2.24, 2.45) is 0 Å². The summed E-state index contributed by atoms with van der Waals surface area (Å²) in [6.45, 7) is 3.76. The minimum Gasteiger partial charge on any atom is -0.438 e. The third kappa shape index (κ3) is 4.30. The molecule has 0 amide bonds. The molecule has 19 heavy (non-hydrogen) atoms. The van der Waals surface area contributed by atoms with Gasteiger partial charge in [-0.05, 0) is 37.2 Å². The van der Waals surface area contributed by atoms with Crippen molar-refractivity contribution in [3.63, 3.8) is 0 Å². The van der Waals surface area contributed by atoms with Crippen LogP contribution in [0.4, 0.5) is 4.39 Å². The fraction of sp³-hybridized carbons (Fsp3) is 0.286. The summed E-state index contributed by atoms with van der Waals surface area (Å²) in [5.41, 5.74) is 0.861. The van der Waals surface area contributed by atoms with Gasteiger partial charge in [0.25, 0.3) is 0 Å². The van der Waals surface area contributed by atoms with Crippen LogP contribution >= 0.6 is 0 Å². The highest BCUT2D eigenvalue weighted by Crippen LogP contribution is 2.18. The number of halogens is 1. The second-order valence-electron chi connectivity index (χ2n) is 4.08. The van der Waals surface area contributed by atoms with E-state index in [1.54, 1.807) is 24.5 Å². The molecule has 1 N–H and O–H groups in total. The van der Waals surface area contributed by atoms with Gasteiger partial charge in [0.1, 0.15) is 11.6 Å². The van der Waals surface area contributed by atoms with Crippen LogP contribution in [0.5, 0.6) is 11.6 Å². The molecule has 100 valence electrons. The van der Waals surface area contributed by atoms with Crippen LogP contribution in [-0.4, -0.2) is 16.5 Å². The SMILES string of the molecule is CCCNCc1cnc(Oc2ccc(F)cc2)cn1. The largest absolute Gasteiger partial charge is 0.438 e. The topological polar surface area (TPSA) is 47.0 Å². The van der Waals surface area contributed by atoms with Gasteiger partial charge < -0.3 is 10.1 Å². The molecule has 0 saturated carbocycles. The Morgan fingerprint density at radius 3 is 2.58 bits per heavy atom. The summed E-state index contributed by atoms with van der Waals surface area (Å²) >= 11 is 0. The van der Waals surface area contributed by atoms with Crippen LogP contribution in [0.15, 0.2) is 36.7 Å². The van der Waals surface area contributed by atoms with E-state index in [0.29, 0.717) is 18.2 Å². The van der Waals surface area contributed by atoms with Gasteiger partial charge in [0.05, 0.1) is 18.1 Å². The van der Waals surface area contributed by atoms with Crippen molar-refractivity contribution in [2.45, 2.75) is 19.9 Å². The van der Waals surface area contributed by atoms with E-state index in [-0.39, 0.29) is 5.82 Å². The molecule has 5 heteroatoms. The number of benzene rings is 1. The zero-order valence-electron chi connectivity index (χ0n) is 10.8. The Kier molecular flexibility index (Phi) is 4.80. The quantitative estimate of drug-likeness (QED) is 0.812. The van der Waals surface area contributed by atoms with Gasteiger partial charge in [0.15, 0.2) is 0 Å². The second kappa shape index (κ2) is 6.80. The third-order valence-electron chi connectivity index (χ3n) is 2.45. The number of aromatic nitrogens is 2. The van der Waals surface area contributed by atoms with Crippen molar-refractivity contribution in [2.75, 3.05) is 6.54 Å². The average Bonchev–Trinajstić information content (AvgIpc) is 2.44. The highest BCUT2D eigenvalue weighted by molar-refractivity contribution is 5.26. The van der Waals surface area contributed by atoms with Crippen LogP contribution in [0.3, 0.4) is 0 Å². The molecule has 0 atom stereocenters. The molecular formula is C14H16FN3O. The van der Waals surface area contributed by atoms with Crippen molar-refractivity contribution in [1.29, 1.82) is 0 Å². The summed E-state index contributed by atoms with van der Waals surface area (Å²) in [5, 5.41) is 3.24. The monoisotopic (exact) mass is 261 g/mol. The van der Waals surface area contributed by atoms with Crippen LogP contribution in [0.25, 0.3) is 0 Å². The van der Waals surface area contributed by atoms with Crippen LogP contribution in [-0.2, 0) is 6.54 Å². The molecular weight excluding hydrogens is 245 g/mol. The van der Waals surface area contributed by atoms with E-state index in [2.05, 4.69) is 22.2 Å². The molecule has 0 aliphatic heterocycles. The van der Waals surface area contributed by atoms with Crippen molar-refractivity contribution in [1.82, 2.24) is 15.3 Å². The van der Waals surface area contributed by atoms with E-state index in [0.717, 1.165) is 18.7 Å². The number of hydrogen-bond acceptors (Lipinski definition) is 4. The molecule has 4 nitrogen and oxygen atoms in total. The molecule has 0 radical (unpaired) electrons. The predicted molar refractivity (Wildman–Crippen MR) is 70.5 cm³/mol. The molecule has 0 aliphatic rings. The summed E-state index contributed by atoms with van der Waals surface area (Å²) in [6.07, 6.45) is 4.31. The summed E-state index contributed by atoms with van der Waals surface area (Å²) < 4.78 is 18.2. The molecule has 1 heterocycles. The van der Waals surface area contributed by atoms with Gasteiger partial charge >= 0.3 is 0 Å². The van der Waals surface area contributed by atoms with Crippen molar-refractivity contribution in [3.8, 4) is 11.6 Å². The Balaban J connectivity index is 1.92. The van der Waals surface area contributed by atoms with E-state index in [1.165, 1.54) is 12.1 Å². The summed E-state index contributed by atoms with van der Waals surface area (Å²) in [6, 6.07) is 5.78. The van der Waals surface area contributed by atoms with Crippen LogP contribution < -0.4 is 10.1 Å². The zero-order chi connectivity index (χ0) is 13.5. The first kappa shape index (κ1) is 13.4. The van der Waals surface area contributed by atoms with Crippen LogP contribution in [0.2, 0.25) is 0 Å². The molecule has 2 rings (SSSR count). The first-order valence-corrected chi connectivity index (χ1v) is 6.23. The first-order valence-electron chi connectivity index (χ1n) is 6.23. The van der Waals surface area contributed by atoms with Crippen LogP contribution in [0.1, 0.15) is 19.0 Å². The van der Waals surface area contributed by atoms with Crippen molar-refractivity contribution >= 4 is 0 Å². The predicted octanol–water partition coefficient (Wildman–Crippen LogP) is 2.91. The van der Waals surface area contributed by atoms with E-state index >= 15 is 0 Å². The normalized spacial score (nSPS) is 10.4. The Morgan fingerprint density at radius 2 is 1.95 bits per heavy atom. The number of rotatable bonds is 6. The lowest BCUT2D eigenvalue weighted by molar-refractivity contribution is 0.457. The van der Waals surface area contributed by atoms with Gasteiger partial charge in [0, 0.05) is 6.54 Å². The molecule has 1 aromatic heterocycles. The zero-order valence-corrected chi connectivity index (χ0v) is 10.8. The second-order valence-corrected chi connectivity index (χ2v) is 4.08. The maximum absolute atomic E-state index is 12.7. The van der Waals surface area contributed by atoms with E-state index in [9.17, 15) is 4.39 Å². The molecule has 0 saturated heterocycles. The lowest BCUT2D eigenvalue weighted by Crippen LogP contribution is -2.14. The molecule has 0 aliphatic carbocycles. The van der Waals surface area contributed by atoms with Gasteiger partial charge in [0.2, 0.25) is 5.88 Å². The lowest BCUT2D eigenvalue weighted by atomic mass is 10.3. The Labute approximate surface area is 111 Å². The van der Waals surface area contributed by atoms with E-state index < -0.39 is 0 Å². The van der Waals surface area contributed by atoms with Crippen molar-refractivity contribution < 1.29 is 9.13 Å². The highest BCUT2D eigenvalue weighted by atomic mass is 19.1. The fourth-order valence-electron chi connectivity index (χ4n) is 1.50. The molecule has 0 bridgehead atoms. The first-order chi connectivity index (χ1) is 9.28. The van der Waals surface area contributed by atoms with Gasteiger partial charge in [-0.1, -0.05) is 6.92 Å². The minimum atomic E-state index is -0.296. The highest BCUT2D eigenvalue weighted by Gasteiger charge is 2.01. The summed E-state index contributed by atoms with van der Waals surface area (Å²) in [4.78, 5) is 8.40. The number of ether oxygens (including phenoxy) is 1.